The van der Waals surface area contributed by atoms with E-state index in [1.165, 1.54) is 6.07 Å². The third-order valence-electron chi connectivity index (χ3n) is 3.01. The highest BCUT2D eigenvalue weighted by atomic mass is 16.6. The fourth-order valence-electron chi connectivity index (χ4n) is 1.89. The summed E-state index contributed by atoms with van der Waals surface area (Å²) in [5, 5.41) is 17.1. The molecule has 0 radical (unpaired) electrons. The van der Waals surface area contributed by atoms with Crippen LogP contribution in [-0.4, -0.2) is 37.7 Å². The number of nitrogens with one attached hydrogen (secondary N) is 2. The molecular weight excluding hydrogens is 296 g/mol. The number of hydrogen-bond acceptors (Lipinski definition) is 4. The van der Waals surface area contributed by atoms with Gasteiger partial charge in [0.2, 0.25) is 0 Å². The molecule has 0 amide bonds. The number of nitrogens with zero attached hydrogens (tertiary/aromatic N) is 2. The van der Waals surface area contributed by atoms with Crippen molar-refractivity contribution in [3.05, 3.63) is 39.9 Å². The molecule has 1 aromatic rings. The van der Waals surface area contributed by atoms with Crippen molar-refractivity contribution in [2.45, 2.75) is 26.8 Å². The maximum absolute atomic E-state index is 10.8. The minimum Gasteiger partial charge on any atom is -0.381 e. The van der Waals surface area contributed by atoms with Crippen LogP contribution in [0.25, 0.3) is 0 Å². The molecule has 0 aliphatic carbocycles. The summed E-state index contributed by atoms with van der Waals surface area (Å²) in [6, 6.07) is 6.55. The van der Waals surface area contributed by atoms with Crippen molar-refractivity contribution in [3.63, 3.8) is 0 Å². The smallest absolute Gasteiger partial charge is 0.269 e. The molecule has 0 heterocycles. The molecule has 7 heteroatoms. The second-order valence-electron chi connectivity index (χ2n) is 5.60. The zero-order valence-corrected chi connectivity index (χ0v) is 14.0. The highest BCUT2D eigenvalue weighted by molar-refractivity contribution is 5.79. The van der Waals surface area contributed by atoms with Gasteiger partial charge in [0.15, 0.2) is 5.96 Å². The Balaban J connectivity index is 2.29. The number of aliphatic imine (C=N–C) groups is 1. The van der Waals surface area contributed by atoms with Crippen molar-refractivity contribution >= 4 is 11.6 Å². The van der Waals surface area contributed by atoms with E-state index < -0.39 is 4.92 Å². The van der Waals surface area contributed by atoms with Gasteiger partial charge < -0.3 is 15.4 Å². The van der Waals surface area contributed by atoms with Crippen molar-refractivity contribution in [2.24, 2.45) is 10.9 Å². The lowest BCUT2D eigenvalue weighted by atomic mass is 10.2. The van der Waals surface area contributed by atoms with Crippen LogP contribution in [0, 0.1) is 16.0 Å². The summed E-state index contributed by atoms with van der Waals surface area (Å²) in [6.07, 6.45) is 0.893. The summed E-state index contributed by atoms with van der Waals surface area (Å²) in [5.74, 6) is 1.22. The molecule has 0 aliphatic heterocycles. The lowest BCUT2D eigenvalue weighted by Crippen LogP contribution is -2.37. The van der Waals surface area contributed by atoms with Gasteiger partial charge in [-0.2, -0.15) is 0 Å². The average molecular weight is 322 g/mol. The number of non-ortho nitro benzene ring substituents is 1. The molecule has 23 heavy (non-hydrogen) atoms. The molecule has 7 nitrogen and oxygen atoms in total. The van der Waals surface area contributed by atoms with Crippen LogP contribution in [0.2, 0.25) is 0 Å². The Morgan fingerprint density at radius 1 is 1.39 bits per heavy atom. The molecule has 0 fully saturated rings. The number of hydrogen-bond donors (Lipinski definition) is 2. The quantitative estimate of drug-likeness (QED) is 0.239. The largest absolute Gasteiger partial charge is 0.381 e. The summed E-state index contributed by atoms with van der Waals surface area (Å²) in [6.45, 7) is 6.97. The number of benzene rings is 1. The lowest BCUT2D eigenvalue weighted by Gasteiger charge is -2.12. The first-order valence-corrected chi connectivity index (χ1v) is 7.78. The van der Waals surface area contributed by atoms with E-state index in [1.54, 1.807) is 19.2 Å². The summed E-state index contributed by atoms with van der Waals surface area (Å²) in [5.41, 5.74) is 0.928. The molecular formula is C16H26N4O3. The maximum Gasteiger partial charge on any atom is 0.269 e. The van der Waals surface area contributed by atoms with Crippen molar-refractivity contribution in [1.82, 2.24) is 10.6 Å². The first-order valence-electron chi connectivity index (χ1n) is 7.78. The van der Waals surface area contributed by atoms with Crippen LogP contribution in [0.3, 0.4) is 0 Å². The van der Waals surface area contributed by atoms with Crippen LogP contribution in [0.5, 0.6) is 0 Å². The minimum absolute atomic E-state index is 0.0922. The summed E-state index contributed by atoms with van der Waals surface area (Å²) < 4.78 is 5.51. The third kappa shape index (κ3) is 8.15. The fraction of sp³-hybridized carbons (Fsp3) is 0.562. The average Bonchev–Trinajstić information content (AvgIpc) is 2.53. The molecule has 0 saturated carbocycles. The first kappa shape index (κ1) is 18.9. The van der Waals surface area contributed by atoms with Gasteiger partial charge in [-0.05, 0) is 17.9 Å². The Kier molecular flexibility index (Phi) is 8.67. The van der Waals surface area contributed by atoms with Crippen LogP contribution in [-0.2, 0) is 11.3 Å². The van der Waals surface area contributed by atoms with Crippen LogP contribution < -0.4 is 10.6 Å². The highest BCUT2D eigenvalue weighted by Gasteiger charge is 2.06. The SMILES string of the molecule is CN=C(NCCCOCC(C)C)NCc1cccc([N+](=O)[O-])c1. The Morgan fingerprint density at radius 2 is 2.17 bits per heavy atom. The molecule has 0 unspecified atom stereocenters. The van der Waals surface area contributed by atoms with E-state index in [4.69, 9.17) is 4.74 Å². The predicted octanol–water partition coefficient (Wildman–Crippen LogP) is 2.32. The van der Waals surface area contributed by atoms with Gasteiger partial charge in [0.1, 0.15) is 0 Å². The number of nitro groups is 1. The van der Waals surface area contributed by atoms with Crippen molar-refractivity contribution in [3.8, 4) is 0 Å². The number of ether oxygens (including phenoxy) is 1. The molecule has 2 N–H and O–H groups in total. The second kappa shape index (κ2) is 10.6. The van der Waals surface area contributed by atoms with Crippen LogP contribution in [0.4, 0.5) is 5.69 Å². The molecule has 0 saturated heterocycles. The molecule has 0 aromatic heterocycles. The summed E-state index contributed by atoms with van der Waals surface area (Å²) in [4.78, 5) is 14.5. The highest BCUT2D eigenvalue weighted by Crippen LogP contribution is 2.12. The maximum atomic E-state index is 10.8. The van der Waals surface area contributed by atoms with Gasteiger partial charge in [-0.3, -0.25) is 15.1 Å². The van der Waals surface area contributed by atoms with Crippen molar-refractivity contribution in [2.75, 3.05) is 26.8 Å². The normalized spacial score (nSPS) is 11.6. The van der Waals surface area contributed by atoms with Gasteiger partial charge in [-0.1, -0.05) is 26.0 Å². The molecule has 128 valence electrons. The molecule has 0 aliphatic rings. The van der Waals surface area contributed by atoms with Crippen molar-refractivity contribution < 1.29 is 9.66 Å². The third-order valence-corrected chi connectivity index (χ3v) is 3.01. The van der Waals surface area contributed by atoms with Crippen LogP contribution in [0.15, 0.2) is 29.3 Å². The molecule has 0 bridgehead atoms. The zero-order chi connectivity index (χ0) is 17.1. The van der Waals surface area contributed by atoms with E-state index in [9.17, 15) is 10.1 Å². The molecule has 1 aromatic carbocycles. The van der Waals surface area contributed by atoms with Gasteiger partial charge in [-0.25, -0.2) is 0 Å². The fourth-order valence-corrected chi connectivity index (χ4v) is 1.89. The van der Waals surface area contributed by atoms with E-state index in [0.717, 1.165) is 25.1 Å². The summed E-state index contributed by atoms with van der Waals surface area (Å²) in [7, 11) is 1.69. The number of rotatable bonds is 9. The molecule has 1 rings (SSSR count). The number of nitro benzene ring substituents is 1. The van der Waals surface area contributed by atoms with Gasteiger partial charge in [0.05, 0.1) is 4.92 Å². The van der Waals surface area contributed by atoms with E-state index in [2.05, 4.69) is 29.5 Å². The summed E-state index contributed by atoms with van der Waals surface area (Å²) >= 11 is 0. The monoisotopic (exact) mass is 322 g/mol. The predicted molar refractivity (Wildman–Crippen MR) is 91.6 cm³/mol. The zero-order valence-electron chi connectivity index (χ0n) is 14.0. The first-order chi connectivity index (χ1) is 11.0. The van der Waals surface area contributed by atoms with E-state index in [-0.39, 0.29) is 5.69 Å². The van der Waals surface area contributed by atoms with E-state index in [0.29, 0.717) is 25.0 Å². The van der Waals surface area contributed by atoms with Crippen LogP contribution >= 0.6 is 0 Å². The lowest BCUT2D eigenvalue weighted by molar-refractivity contribution is -0.384. The Bertz CT molecular complexity index is 518. The Morgan fingerprint density at radius 3 is 2.83 bits per heavy atom. The second-order valence-corrected chi connectivity index (χ2v) is 5.60. The van der Waals surface area contributed by atoms with Crippen molar-refractivity contribution in [1.29, 1.82) is 0 Å². The van der Waals surface area contributed by atoms with Gasteiger partial charge in [0.25, 0.3) is 5.69 Å². The van der Waals surface area contributed by atoms with Gasteiger partial charge >= 0.3 is 0 Å². The Hall–Kier alpha value is -2.15. The standard InChI is InChI=1S/C16H26N4O3/c1-13(2)12-23-9-5-8-18-16(17-3)19-11-14-6-4-7-15(10-14)20(21)22/h4,6-7,10,13H,5,8-9,11-12H2,1-3H3,(H2,17,18,19). The molecule has 0 atom stereocenters. The van der Waals surface area contributed by atoms with Gasteiger partial charge in [-0.15, -0.1) is 0 Å². The van der Waals surface area contributed by atoms with Gasteiger partial charge in [0, 0.05) is 45.5 Å². The Labute approximate surface area is 137 Å². The molecule has 0 spiro atoms. The number of guanidine groups is 1. The van der Waals surface area contributed by atoms with E-state index in [1.807, 2.05) is 6.07 Å². The van der Waals surface area contributed by atoms with Crippen LogP contribution in [0.1, 0.15) is 25.8 Å². The minimum atomic E-state index is -0.395. The van der Waals surface area contributed by atoms with E-state index >= 15 is 0 Å². The topological polar surface area (TPSA) is 88.8 Å².